The Morgan fingerprint density at radius 2 is 1.02 bits per heavy atom. The van der Waals surface area contributed by atoms with E-state index >= 15 is 9.59 Å². The van der Waals surface area contributed by atoms with Crippen LogP contribution in [0.5, 0.6) is 0 Å². The average Bonchev–Trinajstić information content (AvgIpc) is 3.83. The zero-order valence-electron chi connectivity index (χ0n) is 25.2. The van der Waals surface area contributed by atoms with E-state index in [9.17, 15) is 20.2 Å². The summed E-state index contributed by atoms with van der Waals surface area (Å²) in [7, 11) is 0. The smallest absolute Gasteiger partial charge is 0.325 e. The fourth-order valence-corrected chi connectivity index (χ4v) is 7.43. The molecule has 8 aromatic rings. The summed E-state index contributed by atoms with van der Waals surface area (Å²) >= 11 is 0. The number of anilines is 2. The zero-order chi connectivity index (χ0) is 34.1. The molecule has 0 fully saturated rings. The van der Waals surface area contributed by atoms with Crippen LogP contribution in [-0.4, -0.2) is 47.7 Å². The molecule has 0 atom stereocenters. The van der Waals surface area contributed by atoms with Crippen LogP contribution in [0.4, 0.5) is 23.3 Å². The Balaban J connectivity index is 1.42. The molecule has 0 spiro atoms. The molecule has 2 aliphatic heterocycles. The van der Waals surface area contributed by atoms with Crippen molar-refractivity contribution in [3.8, 4) is 0 Å². The van der Waals surface area contributed by atoms with E-state index in [0.717, 1.165) is 0 Å². The normalized spacial score (nSPS) is 19.0. The molecular formula is C32H18N12O6. The first-order chi connectivity index (χ1) is 24.2. The number of hydrogen-bond donors (Lipinski definition) is 2. The number of hydrogen-bond acceptors (Lipinski definition) is 12. The Morgan fingerprint density at radius 3 is 1.46 bits per heavy atom. The summed E-state index contributed by atoms with van der Waals surface area (Å²) in [4.78, 5) is 71.1. The molecule has 0 saturated carbocycles. The Bertz CT molecular complexity index is 2790. The van der Waals surface area contributed by atoms with Gasteiger partial charge in [-0.05, 0) is 12.1 Å². The Morgan fingerprint density at radius 1 is 0.580 bits per heavy atom. The maximum atomic E-state index is 15.1. The van der Waals surface area contributed by atoms with Crippen molar-refractivity contribution in [3.63, 3.8) is 0 Å². The van der Waals surface area contributed by atoms with E-state index in [0.29, 0.717) is 22.2 Å². The predicted molar refractivity (Wildman–Crippen MR) is 177 cm³/mol. The highest BCUT2D eigenvalue weighted by Crippen LogP contribution is 2.55. The van der Waals surface area contributed by atoms with Crippen LogP contribution in [0.2, 0.25) is 0 Å². The summed E-state index contributed by atoms with van der Waals surface area (Å²) in [6.45, 7) is 0. The highest BCUT2D eigenvalue weighted by atomic mass is 16.6. The first-order valence-electron chi connectivity index (χ1n) is 15.1. The molecular weight excluding hydrogens is 648 g/mol. The molecule has 0 aliphatic carbocycles. The average molecular weight is 667 g/mol. The SMILES string of the molecule is O=c1n2c(nc3nc4ccc([N+](=O)[O-])cc4n13)NC1(c3ccccc3)Nc3nc4nc5ccc([N+](=O)[O-])cc5n4c(=O)n3C21c1ccccc1. The van der Waals surface area contributed by atoms with Gasteiger partial charge in [-0.3, -0.25) is 20.2 Å². The van der Waals surface area contributed by atoms with Crippen molar-refractivity contribution in [2.45, 2.75) is 11.3 Å². The minimum Gasteiger partial charge on any atom is -0.325 e. The van der Waals surface area contributed by atoms with Crippen molar-refractivity contribution >= 4 is 56.9 Å². The molecule has 242 valence electrons. The van der Waals surface area contributed by atoms with Gasteiger partial charge in [0.1, 0.15) is 0 Å². The minimum atomic E-state index is -1.84. The number of nitro benzene ring substituents is 2. The molecule has 50 heavy (non-hydrogen) atoms. The first kappa shape index (κ1) is 27.6. The van der Waals surface area contributed by atoms with E-state index < -0.39 is 32.6 Å². The van der Waals surface area contributed by atoms with Crippen molar-refractivity contribution in [1.82, 2.24) is 37.9 Å². The molecule has 4 aromatic heterocycles. The molecule has 2 N–H and O–H groups in total. The lowest BCUT2D eigenvalue weighted by Gasteiger charge is -2.40. The van der Waals surface area contributed by atoms with E-state index in [2.05, 4.69) is 20.6 Å². The van der Waals surface area contributed by atoms with E-state index in [-0.39, 0.29) is 45.9 Å². The van der Waals surface area contributed by atoms with Gasteiger partial charge < -0.3 is 10.6 Å². The number of nitrogens with one attached hydrogen (secondary N) is 2. The van der Waals surface area contributed by atoms with Gasteiger partial charge in [0.2, 0.25) is 29.1 Å². The lowest BCUT2D eigenvalue weighted by molar-refractivity contribution is -0.384. The van der Waals surface area contributed by atoms with E-state index in [1.807, 2.05) is 18.2 Å². The fourth-order valence-electron chi connectivity index (χ4n) is 7.43. The number of aromatic nitrogens is 8. The van der Waals surface area contributed by atoms with Gasteiger partial charge in [0.15, 0.2) is 5.66 Å². The van der Waals surface area contributed by atoms with Crippen LogP contribution in [0.3, 0.4) is 0 Å². The number of fused-ring (bicyclic) bond motifs is 11. The molecule has 6 heterocycles. The maximum absolute atomic E-state index is 15.1. The lowest BCUT2D eigenvalue weighted by Crippen LogP contribution is -2.61. The van der Waals surface area contributed by atoms with Gasteiger partial charge >= 0.3 is 11.4 Å². The molecule has 0 radical (unpaired) electrons. The monoisotopic (exact) mass is 666 g/mol. The summed E-state index contributed by atoms with van der Waals surface area (Å²) in [6, 6.07) is 25.8. The summed E-state index contributed by atoms with van der Waals surface area (Å²) < 4.78 is 4.99. The molecule has 0 bridgehead atoms. The Hall–Kier alpha value is -7.50. The molecule has 0 unspecified atom stereocenters. The largest absolute Gasteiger partial charge is 0.340 e. The van der Waals surface area contributed by atoms with Crippen LogP contribution in [0, 0.1) is 20.2 Å². The lowest BCUT2D eigenvalue weighted by atomic mass is 9.82. The first-order valence-corrected chi connectivity index (χ1v) is 15.1. The van der Waals surface area contributed by atoms with Crippen LogP contribution in [0.25, 0.3) is 33.6 Å². The minimum absolute atomic E-state index is 0.0234. The van der Waals surface area contributed by atoms with E-state index in [1.54, 1.807) is 42.5 Å². The topological polar surface area (TPSA) is 215 Å². The third kappa shape index (κ3) is 3.16. The van der Waals surface area contributed by atoms with Crippen molar-refractivity contribution < 1.29 is 9.85 Å². The maximum Gasteiger partial charge on any atom is 0.340 e. The van der Waals surface area contributed by atoms with Gasteiger partial charge in [0.05, 0.1) is 31.9 Å². The van der Waals surface area contributed by atoms with Gasteiger partial charge in [-0.1, -0.05) is 60.7 Å². The summed E-state index contributed by atoms with van der Waals surface area (Å²) in [5.41, 5.74) is -3.40. The highest BCUT2D eigenvalue weighted by molar-refractivity contribution is 5.83. The number of nitrogens with zero attached hydrogens (tertiary/aromatic N) is 10. The number of nitro groups is 2. The Kier molecular flexibility index (Phi) is 5.02. The number of rotatable bonds is 4. The summed E-state index contributed by atoms with van der Waals surface area (Å²) in [5.74, 6) is 0.0296. The highest BCUT2D eigenvalue weighted by Gasteiger charge is 2.69. The van der Waals surface area contributed by atoms with Gasteiger partial charge in [-0.15, -0.1) is 0 Å². The van der Waals surface area contributed by atoms with Crippen molar-refractivity contribution in [2.24, 2.45) is 0 Å². The van der Waals surface area contributed by atoms with Crippen LogP contribution in [0.15, 0.2) is 107 Å². The molecule has 10 rings (SSSR count). The van der Waals surface area contributed by atoms with Crippen LogP contribution >= 0.6 is 0 Å². The summed E-state index contributed by atoms with van der Waals surface area (Å²) in [5, 5.41) is 30.3. The second-order valence-corrected chi connectivity index (χ2v) is 11.9. The number of benzene rings is 4. The van der Waals surface area contributed by atoms with Crippen LogP contribution < -0.4 is 22.0 Å². The van der Waals surface area contributed by atoms with E-state index in [4.69, 9.17) is 9.97 Å². The quantitative estimate of drug-likeness (QED) is 0.205. The second kappa shape index (κ2) is 9.10. The number of imidazole rings is 2. The number of non-ortho nitro benzene ring substituents is 2. The zero-order valence-corrected chi connectivity index (χ0v) is 25.2. The molecule has 2 aliphatic rings. The molecule has 18 heteroatoms. The van der Waals surface area contributed by atoms with Gasteiger partial charge in [-0.25, -0.2) is 37.5 Å². The Labute approximate surface area is 275 Å². The van der Waals surface area contributed by atoms with Gasteiger partial charge in [-0.2, -0.15) is 9.97 Å². The van der Waals surface area contributed by atoms with Crippen LogP contribution in [0.1, 0.15) is 11.1 Å². The molecule has 0 saturated heterocycles. The predicted octanol–water partition coefficient (Wildman–Crippen LogP) is 3.17. The van der Waals surface area contributed by atoms with Gasteiger partial charge in [0.25, 0.3) is 11.4 Å². The molecule has 18 nitrogen and oxygen atoms in total. The van der Waals surface area contributed by atoms with Crippen molar-refractivity contribution in [2.75, 3.05) is 10.6 Å². The third-order valence-corrected chi connectivity index (χ3v) is 9.41. The summed E-state index contributed by atoms with van der Waals surface area (Å²) in [6.07, 6.45) is 0. The van der Waals surface area contributed by atoms with Crippen molar-refractivity contribution in [3.05, 3.63) is 149 Å². The fraction of sp³-hybridized carbons (Fsp3) is 0.0625. The van der Waals surface area contributed by atoms with Crippen molar-refractivity contribution in [1.29, 1.82) is 0 Å². The standard InChI is InChI=1S/C32H18N12O6/c45-29-39-23-15-19(43(47)48)11-13-21(23)33-25(39)35-27-37-31(17-7-3-1-4-8-17)32(41(27)29,18-9-5-2-6-10-18)42-28(38-31)36-26-34-22-14-12-20(44(49)50)16-24(22)40(26)30(42)46/h1-16H,(H,33,35,37)(H,34,36,38). The third-order valence-electron chi connectivity index (χ3n) is 9.41. The van der Waals surface area contributed by atoms with Crippen LogP contribution in [-0.2, 0) is 11.3 Å². The molecule has 4 aromatic carbocycles. The van der Waals surface area contributed by atoms with E-state index in [1.165, 1.54) is 54.3 Å². The van der Waals surface area contributed by atoms with Gasteiger partial charge in [0, 0.05) is 35.4 Å². The second-order valence-electron chi connectivity index (χ2n) is 11.9. The molecule has 0 amide bonds.